The van der Waals surface area contributed by atoms with Crippen molar-refractivity contribution in [2.75, 3.05) is 18.6 Å². The summed E-state index contributed by atoms with van der Waals surface area (Å²) < 4.78 is 5.33. The zero-order valence-electron chi connectivity index (χ0n) is 10.3. The second-order valence-electron chi connectivity index (χ2n) is 4.54. The predicted octanol–water partition coefficient (Wildman–Crippen LogP) is 2.09. The zero-order valence-corrected chi connectivity index (χ0v) is 10.3. The lowest BCUT2D eigenvalue weighted by Crippen LogP contribution is -2.31. The van der Waals surface area contributed by atoms with E-state index in [1.165, 1.54) is 0 Å². The minimum Gasteiger partial charge on any atom is -0.495 e. The van der Waals surface area contributed by atoms with Crippen LogP contribution in [0.5, 0.6) is 5.75 Å². The van der Waals surface area contributed by atoms with Crippen molar-refractivity contribution in [2.24, 2.45) is 0 Å². The van der Waals surface area contributed by atoms with E-state index in [0.717, 1.165) is 17.0 Å². The standard InChI is InChI=1S/C13H17NO3/c1-8(2)14-7-10(13(15)16)9-5-4-6-11(17-3)12(9)14/h4-6,8,10H,7H2,1-3H3,(H,15,16). The third-order valence-corrected chi connectivity index (χ3v) is 3.21. The second-order valence-corrected chi connectivity index (χ2v) is 4.54. The molecule has 1 atom stereocenters. The minimum atomic E-state index is -0.775. The first kappa shape index (κ1) is 11.8. The molecule has 4 heteroatoms. The minimum absolute atomic E-state index is 0.259. The van der Waals surface area contributed by atoms with Gasteiger partial charge >= 0.3 is 5.97 Å². The van der Waals surface area contributed by atoms with E-state index >= 15 is 0 Å². The van der Waals surface area contributed by atoms with Crippen molar-refractivity contribution in [1.29, 1.82) is 0 Å². The molecule has 0 aliphatic carbocycles. The van der Waals surface area contributed by atoms with Crippen molar-refractivity contribution in [2.45, 2.75) is 25.8 Å². The van der Waals surface area contributed by atoms with Crippen molar-refractivity contribution in [1.82, 2.24) is 0 Å². The first-order valence-electron chi connectivity index (χ1n) is 5.72. The number of ether oxygens (including phenoxy) is 1. The molecule has 0 amide bonds. The lowest BCUT2D eigenvalue weighted by Gasteiger charge is -2.25. The number of anilines is 1. The molecule has 0 fully saturated rings. The highest BCUT2D eigenvalue weighted by molar-refractivity contribution is 5.85. The van der Waals surface area contributed by atoms with Gasteiger partial charge in [0.15, 0.2) is 0 Å². The SMILES string of the molecule is COc1cccc2c1N(C(C)C)CC2C(=O)O. The van der Waals surface area contributed by atoms with E-state index in [1.807, 2.05) is 18.2 Å². The Morgan fingerprint density at radius 3 is 2.76 bits per heavy atom. The fraction of sp³-hybridized carbons (Fsp3) is 0.462. The molecule has 0 aromatic heterocycles. The van der Waals surface area contributed by atoms with Crippen LogP contribution in [0.25, 0.3) is 0 Å². The van der Waals surface area contributed by atoms with Crippen molar-refractivity contribution in [3.05, 3.63) is 23.8 Å². The Kier molecular flexibility index (Phi) is 2.96. The van der Waals surface area contributed by atoms with E-state index in [-0.39, 0.29) is 6.04 Å². The summed E-state index contributed by atoms with van der Waals surface area (Å²) in [6.45, 7) is 4.63. The quantitative estimate of drug-likeness (QED) is 0.871. The second kappa shape index (κ2) is 4.28. The van der Waals surface area contributed by atoms with Gasteiger partial charge in [-0.15, -0.1) is 0 Å². The van der Waals surface area contributed by atoms with Gasteiger partial charge in [0.2, 0.25) is 0 Å². The van der Waals surface area contributed by atoms with Crippen molar-refractivity contribution < 1.29 is 14.6 Å². The Labute approximate surface area is 101 Å². The average molecular weight is 235 g/mol. The van der Waals surface area contributed by atoms with E-state index < -0.39 is 11.9 Å². The van der Waals surface area contributed by atoms with Gasteiger partial charge in [0.25, 0.3) is 0 Å². The number of carboxylic acid groups (broad SMARTS) is 1. The van der Waals surface area contributed by atoms with Crippen molar-refractivity contribution in [3.8, 4) is 5.75 Å². The van der Waals surface area contributed by atoms with Gasteiger partial charge in [-0.05, 0) is 25.5 Å². The Morgan fingerprint density at radius 2 is 2.24 bits per heavy atom. The number of nitrogens with zero attached hydrogens (tertiary/aromatic N) is 1. The molecule has 1 aromatic rings. The van der Waals surface area contributed by atoms with Crippen LogP contribution < -0.4 is 9.64 Å². The summed E-state index contributed by atoms with van der Waals surface area (Å²) in [5, 5.41) is 9.26. The molecule has 1 heterocycles. The molecule has 4 nitrogen and oxygen atoms in total. The molecule has 0 bridgehead atoms. The van der Waals surface area contributed by atoms with Crippen molar-refractivity contribution >= 4 is 11.7 Å². The van der Waals surface area contributed by atoms with Crippen LogP contribution in [0.1, 0.15) is 25.3 Å². The van der Waals surface area contributed by atoms with Crippen molar-refractivity contribution in [3.63, 3.8) is 0 Å². The number of para-hydroxylation sites is 1. The fourth-order valence-electron chi connectivity index (χ4n) is 2.36. The van der Waals surface area contributed by atoms with Crippen LogP contribution in [0.2, 0.25) is 0 Å². The Bertz CT molecular complexity index is 442. The maximum atomic E-state index is 11.3. The summed E-state index contributed by atoms with van der Waals surface area (Å²) in [7, 11) is 1.61. The van der Waals surface area contributed by atoms with Gasteiger partial charge in [-0.1, -0.05) is 12.1 Å². The first-order chi connectivity index (χ1) is 8.06. The molecule has 1 aliphatic heterocycles. The number of hydrogen-bond donors (Lipinski definition) is 1. The first-order valence-corrected chi connectivity index (χ1v) is 5.72. The summed E-state index contributed by atoms with van der Waals surface area (Å²) in [4.78, 5) is 13.4. The molecule has 1 aromatic carbocycles. The lowest BCUT2D eigenvalue weighted by atomic mass is 10.0. The number of fused-ring (bicyclic) bond motifs is 1. The molecule has 2 rings (SSSR count). The predicted molar refractivity (Wildman–Crippen MR) is 65.9 cm³/mol. The van der Waals surface area contributed by atoms with E-state index in [0.29, 0.717) is 6.54 Å². The molecule has 0 saturated carbocycles. The number of aliphatic carboxylic acids is 1. The topological polar surface area (TPSA) is 49.8 Å². The van der Waals surface area contributed by atoms with E-state index in [4.69, 9.17) is 4.74 Å². The van der Waals surface area contributed by atoms with Crippen LogP contribution in [0.3, 0.4) is 0 Å². The summed E-state index contributed by atoms with van der Waals surface area (Å²) in [5.74, 6) is -0.481. The number of rotatable bonds is 3. The molecule has 1 N–H and O–H groups in total. The monoisotopic (exact) mass is 235 g/mol. The summed E-state index contributed by atoms with van der Waals surface area (Å²) in [5.41, 5.74) is 1.78. The van der Waals surface area contributed by atoms with Crippen LogP contribution >= 0.6 is 0 Å². The Morgan fingerprint density at radius 1 is 1.53 bits per heavy atom. The van der Waals surface area contributed by atoms with Gasteiger partial charge in [-0.25, -0.2) is 0 Å². The van der Waals surface area contributed by atoms with Crippen LogP contribution in [0, 0.1) is 0 Å². The number of benzene rings is 1. The van der Waals surface area contributed by atoms with Crippen LogP contribution in [0.15, 0.2) is 18.2 Å². The van der Waals surface area contributed by atoms with Gasteiger partial charge in [0.05, 0.1) is 12.8 Å². The maximum Gasteiger partial charge on any atom is 0.312 e. The maximum absolute atomic E-state index is 11.3. The fourth-order valence-corrected chi connectivity index (χ4v) is 2.36. The third-order valence-electron chi connectivity index (χ3n) is 3.21. The number of hydrogen-bond acceptors (Lipinski definition) is 3. The summed E-state index contributed by atoms with van der Waals surface area (Å²) in [6.07, 6.45) is 0. The number of methoxy groups -OCH3 is 1. The molecule has 1 unspecified atom stereocenters. The van der Waals surface area contributed by atoms with E-state index in [2.05, 4.69) is 18.7 Å². The number of carboxylic acids is 1. The summed E-state index contributed by atoms with van der Waals surface area (Å²) in [6, 6.07) is 5.85. The molecule has 0 radical (unpaired) electrons. The van der Waals surface area contributed by atoms with E-state index in [1.54, 1.807) is 7.11 Å². The molecule has 17 heavy (non-hydrogen) atoms. The molecular formula is C13H17NO3. The molecular weight excluding hydrogens is 218 g/mol. The van der Waals surface area contributed by atoms with Gasteiger partial charge in [-0.2, -0.15) is 0 Å². The highest BCUT2D eigenvalue weighted by atomic mass is 16.5. The third kappa shape index (κ3) is 1.84. The van der Waals surface area contributed by atoms with Gasteiger partial charge in [0, 0.05) is 12.6 Å². The Balaban J connectivity index is 2.54. The lowest BCUT2D eigenvalue weighted by molar-refractivity contribution is -0.138. The average Bonchev–Trinajstić information content (AvgIpc) is 2.68. The van der Waals surface area contributed by atoms with Crippen LogP contribution in [-0.4, -0.2) is 30.8 Å². The van der Waals surface area contributed by atoms with Crippen LogP contribution in [-0.2, 0) is 4.79 Å². The van der Waals surface area contributed by atoms with E-state index in [9.17, 15) is 9.90 Å². The highest BCUT2D eigenvalue weighted by Gasteiger charge is 2.36. The smallest absolute Gasteiger partial charge is 0.312 e. The Hall–Kier alpha value is -1.71. The largest absolute Gasteiger partial charge is 0.495 e. The highest BCUT2D eigenvalue weighted by Crippen LogP contribution is 2.43. The van der Waals surface area contributed by atoms with Gasteiger partial charge in [-0.3, -0.25) is 4.79 Å². The molecule has 92 valence electrons. The van der Waals surface area contributed by atoms with Crippen LogP contribution in [0.4, 0.5) is 5.69 Å². The normalized spacial score (nSPS) is 18.4. The molecule has 0 saturated heterocycles. The number of carbonyl (C=O) groups is 1. The van der Waals surface area contributed by atoms with Gasteiger partial charge < -0.3 is 14.7 Å². The summed E-state index contributed by atoms with van der Waals surface area (Å²) >= 11 is 0. The zero-order chi connectivity index (χ0) is 12.6. The molecule has 1 aliphatic rings. The van der Waals surface area contributed by atoms with Gasteiger partial charge in [0.1, 0.15) is 11.7 Å². The molecule has 0 spiro atoms.